The van der Waals surface area contributed by atoms with E-state index in [9.17, 15) is 9.59 Å². The molecular formula is C25H29N3O3. The fourth-order valence-electron chi connectivity index (χ4n) is 3.91. The molecule has 1 N–H and O–H groups in total. The first-order valence-corrected chi connectivity index (χ1v) is 10.8. The Labute approximate surface area is 183 Å². The molecule has 0 aromatic heterocycles. The van der Waals surface area contributed by atoms with Gasteiger partial charge in [0.05, 0.1) is 18.8 Å². The molecule has 4 rings (SSSR count). The van der Waals surface area contributed by atoms with Crippen molar-refractivity contribution in [2.75, 3.05) is 44.7 Å². The van der Waals surface area contributed by atoms with Gasteiger partial charge in [0.1, 0.15) is 5.70 Å². The van der Waals surface area contributed by atoms with Gasteiger partial charge in [0.2, 0.25) is 0 Å². The predicted octanol–water partition coefficient (Wildman–Crippen LogP) is 3.14. The summed E-state index contributed by atoms with van der Waals surface area (Å²) >= 11 is 0. The Hall–Kier alpha value is -2.96. The van der Waals surface area contributed by atoms with Crippen LogP contribution in [0.2, 0.25) is 0 Å². The van der Waals surface area contributed by atoms with Gasteiger partial charge in [-0.15, -0.1) is 0 Å². The van der Waals surface area contributed by atoms with E-state index in [2.05, 4.69) is 10.2 Å². The van der Waals surface area contributed by atoms with Crippen molar-refractivity contribution < 1.29 is 14.3 Å². The number of anilines is 1. The number of imide groups is 1. The molecule has 0 spiro atoms. The van der Waals surface area contributed by atoms with Crippen molar-refractivity contribution in [1.82, 2.24) is 9.80 Å². The zero-order chi connectivity index (χ0) is 22.0. The molecule has 0 saturated carbocycles. The van der Waals surface area contributed by atoms with Gasteiger partial charge in [-0.1, -0.05) is 35.9 Å². The highest BCUT2D eigenvalue weighted by Crippen LogP contribution is 2.31. The first-order valence-electron chi connectivity index (χ1n) is 10.8. The van der Waals surface area contributed by atoms with Crippen molar-refractivity contribution in [3.63, 3.8) is 0 Å². The molecule has 2 aromatic carbocycles. The van der Waals surface area contributed by atoms with Crippen molar-refractivity contribution in [3.8, 4) is 0 Å². The molecular weight excluding hydrogens is 390 g/mol. The van der Waals surface area contributed by atoms with Gasteiger partial charge in [-0.3, -0.25) is 19.4 Å². The lowest BCUT2D eigenvalue weighted by Gasteiger charge is -2.28. The Morgan fingerprint density at radius 1 is 0.871 bits per heavy atom. The molecule has 0 atom stereocenters. The number of nitrogens with zero attached hydrogens (tertiary/aromatic N) is 2. The third kappa shape index (κ3) is 4.55. The van der Waals surface area contributed by atoms with Crippen LogP contribution in [0, 0.1) is 20.8 Å². The molecule has 6 nitrogen and oxygen atoms in total. The van der Waals surface area contributed by atoms with Crippen molar-refractivity contribution >= 4 is 23.1 Å². The zero-order valence-electron chi connectivity index (χ0n) is 18.4. The second-order valence-electron chi connectivity index (χ2n) is 8.26. The van der Waals surface area contributed by atoms with Gasteiger partial charge in [-0.25, -0.2) is 0 Å². The molecule has 0 aliphatic carbocycles. The highest BCUT2D eigenvalue weighted by atomic mass is 16.5. The number of hydrogen-bond donors (Lipinski definition) is 1. The van der Waals surface area contributed by atoms with Gasteiger partial charge in [0.15, 0.2) is 0 Å². The average Bonchev–Trinajstić information content (AvgIpc) is 3.00. The third-order valence-electron chi connectivity index (χ3n) is 6.03. The summed E-state index contributed by atoms with van der Waals surface area (Å²) in [6, 6.07) is 13.7. The van der Waals surface area contributed by atoms with E-state index in [1.165, 1.54) is 4.90 Å². The zero-order valence-corrected chi connectivity index (χ0v) is 18.4. The first-order chi connectivity index (χ1) is 14.9. The van der Waals surface area contributed by atoms with Crippen LogP contribution in [0.3, 0.4) is 0 Å². The molecule has 0 bridgehead atoms. The minimum absolute atomic E-state index is 0.240. The molecule has 1 saturated heterocycles. The van der Waals surface area contributed by atoms with Gasteiger partial charge in [0.25, 0.3) is 11.8 Å². The van der Waals surface area contributed by atoms with Crippen molar-refractivity contribution in [2.24, 2.45) is 0 Å². The Morgan fingerprint density at radius 3 is 2.26 bits per heavy atom. The number of rotatable bonds is 6. The number of aryl methyl sites for hydroxylation is 3. The summed E-state index contributed by atoms with van der Waals surface area (Å²) in [6.45, 7) is 10.1. The lowest BCUT2D eigenvalue weighted by atomic mass is 9.99. The van der Waals surface area contributed by atoms with E-state index < -0.39 is 0 Å². The number of hydrogen-bond acceptors (Lipinski definition) is 5. The molecule has 2 aliphatic rings. The van der Waals surface area contributed by atoms with Crippen LogP contribution in [0.5, 0.6) is 0 Å². The van der Waals surface area contributed by atoms with E-state index >= 15 is 0 Å². The Kier molecular flexibility index (Phi) is 6.20. The maximum atomic E-state index is 13.4. The van der Waals surface area contributed by atoms with Crippen LogP contribution in [0.4, 0.5) is 5.69 Å². The minimum Gasteiger partial charge on any atom is -0.379 e. The number of ether oxygens (including phenoxy) is 1. The summed E-state index contributed by atoms with van der Waals surface area (Å²) in [6.07, 6.45) is 0. The number of nitrogens with one attached hydrogen (secondary N) is 1. The number of carbonyl (C=O) groups excluding carboxylic acids is 2. The van der Waals surface area contributed by atoms with E-state index in [-0.39, 0.29) is 11.8 Å². The highest BCUT2D eigenvalue weighted by Gasteiger charge is 2.39. The monoisotopic (exact) mass is 419 g/mol. The van der Waals surface area contributed by atoms with Gasteiger partial charge in [-0.05, 0) is 49.6 Å². The molecule has 31 heavy (non-hydrogen) atoms. The quantitative estimate of drug-likeness (QED) is 0.729. The summed E-state index contributed by atoms with van der Waals surface area (Å²) in [5.41, 5.74) is 5.72. The molecule has 6 heteroatoms. The SMILES string of the molecule is Cc1ccc(NC2=C(c3ccc(C)c(C)c3)C(=O)N(CCN3CCOCC3)C2=O)cc1. The molecule has 2 aromatic rings. The van der Waals surface area contributed by atoms with Crippen LogP contribution in [-0.4, -0.2) is 61.0 Å². The summed E-state index contributed by atoms with van der Waals surface area (Å²) in [4.78, 5) is 30.3. The van der Waals surface area contributed by atoms with E-state index in [0.717, 1.165) is 41.0 Å². The number of amides is 2. The second kappa shape index (κ2) is 9.04. The minimum atomic E-state index is -0.271. The fourth-order valence-corrected chi connectivity index (χ4v) is 3.91. The average molecular weight is 420 g/mol. The van der Waals surface area contributed by atoms with Gasteiger partial charge in [0, 0.05) is 31.9 Å². The van der Waals surface area contributed by atoms with Crippen LogP contribution in [-0.2, 0) is 14.3 Å². The van der Waals surface area contributed by atoms with Crippen LogP contribution in [0.1, 0.15) is 22.3 Å². The smallest absolute Gasteiger partial charge is 0.278 e. The summed E-state index contributed by atoms with van der Waals surface area (Å²) in [5, 5.41) is 3.23. The van der Waals surface area contributed by atoms with E-state index in [1.807, 2.05) is 63.2 Å². The van der Waals surface area contributed by atoms with Gasteiger partial charge in [-0.2, -0.15) is 0 Å². The van der Waals surface area contributed by atoms with Crippen LogP contribution in [0.25, 0.3) is 5.57 Å². The Bertz CT molecular complexity index is 1020. The summed E-state index contributed by atoms with van der Waals surface area (Å²) < 4.78 is 5.39. The van der Waals surface area contributed by atoms with E-state index in [1.54, 1.807) is 0 Å². The van der Waals surface area contributed by atoms with E-state index in [4.69, 9.17) is 4.74 Å². The summed E-state index contributed by atoms with van der Waals surface area (Å²) in [5.74, 6) is -0.511. The van der Waals surface area contributed by atoms with Crippen molar-refractivity contribution in [2.45, 2.75) is 20.8 Å². The number of carbonyl (C=O) groups is 2. The third-order valence-corrected chi connectivity index (χ3v) is 6.03. The lowest BCUT2D eigenvalue weighted by Crippen LogP contribution is -2.43. The van der Waals surface area contributed by atoms with Crippen LogP contribution in [0.15, 0.2) is 48.2 Å². The molecule has 162 valence electrons. The van der Waals surface area contributed by atoms with Crippen molar-refractivity contribution in [1.29, 1.82) is 0 Å². The van der Waals surface area contributed by atoms with Crippen molar-refractivity contribution in [3.05, 3.63) is 70.4 Å². The molecule has 2 aliphatic heterocycles. The van der Waals surface area contributed by atoms with Gasteiger partial charge < -0.3 is 10.1 Å². The standard InChI is InChI=1S/C25H29N3O3/c1-17-4-8-21(9-5-17)26-23-22(20-7-6-18(2)19(3)16-20)24(29)28(25(23)30)11-10-27-12-14-31-15-13-27/h4-9,16,26H,10-15H2,1-3H3. The fraction of sp³-hybridized carbons (Fsp3) is 0.360. The molecule has 1 fully saturated rings. The molecule has 0 radical (unpaired) electrons. The van der Waals surface area contributed by atoms with E-state index in [0.29, 0.717) is 37.6 Å². The topological polar surface area (TPSA) is 61.9 Å². The lowest BCUT2D eigenvalue weighted by molar-refractivity contribution is -0.137. The molecule has 2 heterocycles. The Balaban J connectivity index is 1.64. The maximum absolute atomic E-state index is 13.4. The maximum Gasteiger partial charge on any atom is 0.278 e. The first kappa shape index (κ1) is 21.3. The highest BCUT2D eigenvalue weighted by molar-refractivity contribution is 6.36. The normalized spacial score (nSPS) is 17.6. The summed E-state index contributed by atoms with van der Waals surface area (Å²) in [7, 11) is 0. The van der Waals surface area contributed by atoms with Crippen LogP contribution < -0.4 is 5.32 Å². The number of benzene rings is 2. The number of morpholine rings is 1. The largest absolute Gasteiger partial charge is 0.379 e. The predicted molar refractivity (Wildman–Crippen MR) is 122 cm³/mol. The second-order valence-corrected chi connectivity index (χ2v) is 8.26. The Morgan fingerprint density at radius 2 is 1.58 bits per heavy atom. The van der Waals surface area contributed by atoms with Gasteiger partial charge >= 0.3 is 0 Å². The molecule has 0 unspecified atom stereocenters. The van der Waals surface area contributed by atoms with Crippen LogP contribution >= 0.6 is 0 Å². The molecule has 2 amide bonds.